The number of rotatable bonds is 6. The largest absolute Gasteiger partial charge is 0.497 e. The van der Waals surface area contributed by atoms with Crippen LogP contribution >= 0.6 is 0 Å². The lowest BCUT2D eigenvalue weighted by Gasteiger charge is -2.30. The van der Waals surface area contributed by atoms with Gasteiger partial charge in [-0.1, -0.05) is 0 Å². The molecule has 7 nitrogen and oxygen atoms in total. The van der Waals surface area contributed by atoms with Crippen molar-refractivity contribution in [2.45, 2.75) is 31.4 Å². The molecule has 2 fully saturated rings. The molecule has 3 rings (SSSR count). The van der Waals surface area contributed by atoms with E-state index in [0.717, 1.165) is 12.8 Å². The maximum Gasteiger partial charge on any atom is 0.254 e. The number of carbonyl (C=O) groups excluding carboxylic acids is 1. The van der Waals surface area contributed by atoms with E-state index in [1.165, 1.54) is 14.2 Å². The fourth-order valence-electron chi connectivity index (χ4n) is 3.52. The van der Waals surface area contributed by atoms with Gasteiger partial charge in [0.1, 0.15) is 11.5 Å². The third kappa shape index (κ3) is 4.29. The second-order valence-electron chi connectivity index (χ2n) is 6.75. The highest BCUT2D eigenvalue weighted by atomic mass is 32.2. The molecule has 0 N–H and O–H groups in total. The Morgan fingerprint density at radius 1 is 1.19 bits per heavy atom. The lowest BCUT2D eigenvalue weighted by atomic mass is 10.1. The van der Waals surface area contributed by atoms with Gasteiger partial charge in [0.05, 0.1) is 31.8 Å². The number of sulfone groups is 1. The summed E-state index contributed by atoms with van der Waals surface area (Å²) in [6.07, 6.45) is 2.25. The minimum Gasteiger partial charge on any atom is -0.497 e. The number of amides is 1. The highest BCUT2D eigenvalue weighted by Gasteiger charge is 2.37. The lowest BCUT2D eigenvalue weighted by Crippen LogP contribution is -2.45. The van der Waals surface area contributed by atoms with Crippen molar-refractivity contribution >= 4 is 15.7 Å². The number of methoxy groups -OCH3 is 2. The van der Waals surface area contributed by atoms with E-state index in [-0.39, 0.29) is 29.6 Å². The zero-order chi connectivity index (χ0) is 18.7. The van der Waals surface area contributed by atoms with Crippen LogP contribution in [0.25, 0.3) is 0 Å². The first-order valence-electron chi connectivity index (χ1n) is 8.78. The number of hydrogen-bond acceptors (Lipinski definition) is 6. The lowest BCUT2D eigenvalue weighted by molar-refractivity contribution is 0.0441. The molecule has 1 aromatic rings. The first-order chi connectivity index (χ1) is 12.4. The highest BCUT2D eigenvalue weighted by molar-refractivity contribution is 7.91. The Morgan fingerprint density at radius 3 is 2.38 bits per heavy atom. The topological polar surface area (TPSA) is 82.1 Å². The van der Waals surface area contributed by atoms with Gasteiger partial charge in [-0.15, -0.1) is 0 Å². The Morgan fingerprint density at radius 2 is 1.88 bits per heavy atom. The summed E-state index contributed by atoms with van der Waals surface area (Å²) in [5.41, 5.74) is 0.420. The van der Waals surface area contributed by atoms with Crippen LogP contribution < -0.4 is 9.47 Å². The average Bonchev–Trinajstić information content (AvgIpc) is 3.27. The molecule has 0 bridgehead atoms. The van der Waals surface area contributed by atoms with Crippen LogP contribution in [0.5, 0.6) is 11.5 Å². The number of benzene rings is 1. The van der Waals surface area contributed by atoms with Crippen LogP contribution in [0, 0.1) is 0 Å². The molecule has 0 unspecified atom stereocenters. The van der Waals surface area contributed by atoms with Crippen molar-refractivity contribution in [3.05, 3.63) is 23.8 Å². The third-order valence-corrected chi connectivity index (χ3v) is 6.68. The monoisotopic (exact) mass is 383 g/mol. The molecule has 0 aliphatic carbocycles. The molecule has 2 aliphatic heterocycles. The van der Waals surface area contributed by atoms with Crippen LogP contribution in [0.2, 0.25) is 0 Å². The zero-order valence-corrected chi connectivity index (χ0v) is 16.0. The molecular formula is C18H25NO6S. The molecule has 2 saturated heterocycles. The molecule has 2 heterocycles. The summed E-state index contributed by atoms with van der Waals surface area (Å²) in [7, 11) is -0.0505. The van der Waals surface area contributed by atoms with Gasteiger partial charge in [-0.25, -0.2) is 8.42 Å². The minimum absolute atomic E-state index is 0.00651. The summed E-state index contributed by atoms with van der Waals surface area (Å²) >= 11 is 0. The van der Waals surface area contributed by atoms with Gasteiger partial charge in [0.25, 0.3) is 5.91 Å². The van der Waals surface area contributed by atoms with E-state index < -0.39 is 9.84 Å². The molecule has 144 valence electrons. The van der Waals surface area contributed by atoms with Crippen LogP contribution in [0.4, 0.5) is 0 Å². The second kappa shape index (κ2) is 7.84. The zero-order valence-electron chi connectivity index (χ0n) is 15.1. The molecule has 2 aliphatic rings. The van der Waals surface area contributed by atoms with Gasteiger partial charge in [0.2, 0.25) is 0 Å². The van der Waals surface area contributed by atoms with Gasteiger partial charge in [0.15, 0.2) is 9.84 Å². The van der Waals surface area contributed by atoms with Crippen LogP contribution in [-0.4, -0.2) is 70.2 Å². The molecule has 0 spiro atoms. The molecular weight excluding hydrogens is 358 g/mol. The van der Waals surface area contributed by atoms with E-state index in [2.05, 4.69) is 0 Å². The summed E-state index contributed by atoms with van der Waals surface area (Å²) in [5.74, 6) is 0.938. The van der Waals surface area contributed by atoms with Crippen molar-refractivity contribution < 1.29 is 27.4 Å². The molecule has 0 radical (unpaired) electrons. The van der Waals surface area contributed by atoms with E-state index in [0.29, 0.717) is 36.6 Å². The predicted molar refractivity (Wildman–Crippen MR) is 96.6 cm³/mol. The number of nitrogens with zero attached hydrogens (tertiary/aromatic N) is 1. The van der Waals surface area contributed by atoms with Crippen LogP contribution in [0.15, 0.2) is 18.2 Å². The molecule has 1 amide bonds. The summed E-state index contributed by atoms with van der Waals surface area (Å²) < 4.78 is 40.0. The quantitative estimate of drug-likeness (QED) is 0.741. The number of hydrogen-bond donors (Lipinski definition) is 0. The SMILES string of the molecule is COc1cc(OC)cc(C(=O)N(C[C@H]2CCCO2)[C@H]2CCS(=O)(=O)C2)c1. The van der Waals surface area contributed by atoms with E-state index >= 15 is 0 Å². The Balaban J connectivity index is 1.88. The van der Waals surface area contributed by atoms with Crippen molar-refractivity contribution in [3.8, 4) is 11.5 Å². The fraction of sp³-hybridized carbons (Fsp3) is 0.611. The molecule has 0 saturated carbocycles. The Hall–Kier alpha value is -1.80. The van der Waals surface area contributed by atoms with Gasteiger partial charge < -0.3 is 19.1 Å². The number of carbonyl (C=O) groups is 1. The Labute approximate surface area is 154 Å². The Bertz CT molecular complexity index is 735. The number of ether oxygens (including phenoxy) is 3. The van der Waals surface area contributed by atoms with Crippen LogP contribution in [-0.2, 0) is 14.6 Å². The molecule has 2 atom stereocenters. The van der Waals surface area contributed by atoms with Gasteiger partial charge in [-0.05, 0) is 31.4 Å². The summed E-state index contributed by atoms with van der Waals surface area (Å²) in [5, 5.41) is 0. The third-order valence-electron chi connectivity index (χ3n) is 4.93. The maximum atomic E-state index is 13.2. The smallest absolute Gasteiger partial charge is 0.254 e. The van der Waals surface area contributed by atoms with Gasteiger partial charge in [0, 0.05) is 30.8 Å². The van der Waals surface area contributed by atoms with E-state index in [1.54, 1.807) is 23.1 Å². The first kappa shape index (κ1) is 19.0. The van der Waals surface area contributed by atoms with Gasteiger partial charge in [-0.3, -0.25) is 4.79 Å². The van der Waals surface area contributed by atoms with E-state index in [1.807, 2.05) is 0 Å². The van der Waals surface area contributed by atoms with Crippen molar-refractivity contribution in [2.75, 3.05) is 38.9 Å². The summed E-state index contributed by atoms with van der Waals surface area (Å²) in [6.45, 7) is 1.08. The molecule has 1 aromatic carbocycles. The van der Waals surface area contributed by atoms with Crippen LogP contribution in [0.1, 0.15) is 29.6 Å². The van der Waals surface area contributed by atoms with E-state index in [4.69, 9.17) is 14.2 Å². The summed E-state index contributed by atoms with van der Waals surface area (Å²) in [6, 6.07) is 4.67. The van der Waals surface area contributed by atoms with Crippen molar-refractivity contribution in [2.24, 2.45) is 0 Å². The predicted octanol–water partition coefficient (Wildman–Crippen LogP) is 1.51. The average molecular weight is 383 g/mol. The van der Waals surface area contributed by atoms with Crippen LogP contribution in [0.3, 0.4) is 0 Å². The Kier molecular flexibility index (Phi) is 5.72. The normalized spacial score (nSPS) is 24.4. The van der Waals surface area contributed by atoms with Crippen molar-refractivity contribution in [1.82, 2.24) is 4.90 Å². The van der Waals surface area contributed by atoms with Crippen molar-refractivity contribution in [1.29, 1.82) is 0 Å². The standard InChI is InChI=1S/C18H25NO6S/c1-23-16-8-13(9-17(10-16)24-2)18(20)19(11-15-4-3-6-25-15)14-5-7-26(21,22)12-14/h8-10,14-15H,3-7,11-12H2,1-2H3/t14-,15+/m0/s1. The first-order valence-corrected chi connectivity index (χ1v) is 10.6. The second-order valence-corrected chi connectivity index (χ2v) is 8.98. The van der Waals surface area contributed by atoms with Gasteiger partial charge in [-0.2, -0.15) is 0 Å². The molecule has 26 heavy (non-hydrogen) atoms. The molecule has 8 heteroatoms. The minimum atomic E-state index is -3.10. The molecule has 0 aromatic heterocycles. The summed E-state index contributed by atoms with van der Waals surface area (Å²) in [4.78, 5) is 14.9. The van der Waals surface area contributed by atoms with Gasteiger partial charge >= 0.3 is 0 Å². The highest BCUT2D eigenvalue weighted by Crippen LogP contribution is 2.27. The van der Waals surface area contributed by atoms with Crippen molar-refractivity contribution in [3.63, 3.8) is 0 Å². The maximum absolute atomic E-state index is 13.2. The fourth-order valence-corrected chi connectivity index (χ4v) is 5.25. The van der Waals surface area contributed by atoms with E-state index in [9.17, 15) is 13.2 Å².